The number of aliphatic hydroxyl groups excluding tert-OH is 1. The van der Waals surface area contributed by atoms with E-state index in [1.54, 1.807) is 0 Å². The van der Waals surface area contributed by atoms with Crippen molar-refractivity contribution in [3.8, 4) is 5.75 Å². The average molecular weight is 365 g/mol. The second-order valence-corrected chi connectivity index (χ2v) is 7.93. The summed E-state index contributed by atoms with van der Waals surface area (Å²) in [6, 6.07) is 2.17. The van der Waals surface area contributed by atoms with E-state index in [0.29, 0.717) is 11.3 Å². The summed E-state index contributed by atoms with van der Waals surface area (Å²) in [5.41, 5.74) is -5.20. The number of piperidine rings is 1. The quantitative estimate of drug-likeness (QED) is 0.858. The molecule has 134 valence electrons. The van der Waals surface area contributed by atoms with Gasteiger partial charge in [-0.3, -0.25) is 0 Å². The van der Waals surface area contributed by atoms with Crippen LogP contribution in [0.4, 0.5) is 13.2 Å². The fourth-order valence-electron chi connectivity index (χ4n) is 3.23. The number of rotatable bonds is 3. The molecule has 0 aromatic heterocycles. The number of fused-ring (bicyclic) bond motifs is 1. The second-order valence-electron chi connectivity index (χ2n) is 6.02. The van der Waals surface area contributed by atoms with Gasteiger partial charge >= 0.3 is 5.51 Å². The molecule has 1 unspecified atom stereocenters. The molecular weight excluding hydrogens is 347 g/mol. The number of aliphatic hydroxyl groups is 1. The van der Waals surface area contributed by atoms with Crippen LogP contribution in [0.1, 0.15) is 36.5 Å². The van der Waals surface area contributed by atoms with E-state index >= 15 is 0 Å². The van der Waals surface area contributed by atoms with Gasteiger partial charge in [-0.25, -0.2) is 8.42 Å². The van der Waals surface area contributed by atoms with E-state index < -0.39 is 26.3 Å². The van der Waals surface area contributed by atoms with Gasteiger partial charge in [0.2, 0.25) is 0 Å². The lowest BCUT2D eigenvalue weighted by molar-refractivity contribution is -0.0437. The highest BCUT2D eigenvalue weighted by Crippen LogP contribution is 2.44. The summed E-state index contributed by atoms with van der Waals surface area (Å²) >= 11 is 0. The minimum absolute atomic E-state index is 0.0711. The number of alkyl halides is 3. The maximum atomic E-state index is 12.9. The largest absolute Gasteiger partial charge is 0.501 e. The van der Waals surface area contributed by atoms with E-state index in [9.17, 15) is 26.7 Å². The first-order chi connectivity index (χ1) is 11.2. The van der Waals surface area contributed by atoms with E-state index in [4.69, 9.17) is 4.74 Å². The summed E-state index contributed by atoms with van der Waals surface area (Å²) in [6.45, 7) is 1.58. The number of sulfone groups is 1. The highest BCUT2D eigenvalue weighted by molar-refractivity contribution is 7.92. The lowest BCUT2D eigenvalue weighted by atomic mass is 10.1. The molecule has 1 aliphatic heterocycles. The molecule has 0 bridgehead atoms. The number of halogens is 3. The SMILES string of the molecule is O=S(=O)(c1ccc(OC2CCNCC2)c2c1C(O)CC2)C(F)(F)F. The van der Waals surface area contributed by atoms with Crippen LogP contribution >= 0.6 is 0 Å². The second kappa shape index (κ2) is 6.20. The average Bonchev–Trinajstić information content (AvgIpc) is 2.90. The molecule has 24 heavy (non-hydrogen) atoms. The Balaban J connectivity index is 2.01. The summed E-state index contributed by atoms with van der Waals surface area (Å²) in [6.07, 6.45) is 0.696. The summed E-state index contributed by atoms with van der Waals surface area (Å²) in [4.78, 5) is -0.868. The highest BCUT2D eigenvalue weighted by Gasteiger charge is 2.49. The molecule has 1 aromatic rings. The van der Waals surface area contributed by atoms with Crippen molar-refractivity contribution < 1.29 is 31.4 Å². The zero-order valence-corrected chi connectivity index (χ0v) is 13.6. The Morgan fingerprint density at radius 1 is 1.17 bits per heavy atom. The van der Waals surface area contributed by atoms with Crippen LogP contribution in [-0.4, -0.2) is 38.2 Å². The first-order valence-corrected chi connectivity index (χ1v) is 9.22. The van der Waals surface area contributed by atoms with Gasteiger partial charge in [-0.1, -0.05) is 0 Å². The molecule has 2 aliphatic rings. The van der Waals surface area contributed by atoms with E-state index in [0.717, 1.165) is 32.0 Å². The fourth-order valence-corrected chi connectivity index (χ4v) is 4.28. The number of benzene rings is 1. The normalized spacial score (nSPS) is 22.4. The lowest BCUT2D eigenvalue weighted by Gasteiger charge is -2.25. The van der Waals surface area contributed by atoms with Gasteiger partial charge < -0.3 is 15.2 Å². The van der Waals surface area contributed by atoms with Gasteiger partial charge in [0.1, 0.15) is 11.9 Å². The van der Waals surface area contributed by atoms with Gasteiger partial charge in [0.15, 0.2) is 0 Å². The Hall–Kier alpha value is -1.32. The Labute approximate surface area is 137 Å². The van der Waals surface area contributed by atoms with Crippen molar-refractivity contribution in [1.29, 1.82) is 0 Å². The smallest absolute Gasteiger partial charge is 0.490 e. The van der Waals surface area contributed by atoms with Crippen LogP contribution in [0.2, 0.25) is 0 Å². The van der Waals surface area contributed by atoms with Gasteiger partial charge in [0.25, 0.3) is 9.84 Å². The molecule has 3 rings (SSSR count). The van der Waals surface area contributed by atoms with E-state index in [-0.39, 0.29) is 24.5 Å². The molecule has 1 atom stereocenters. The highest BCUT2D eigenvalue weighted by atomic mass is 32.2. The molecule has 0 amide bonds. The Morgan fingerprint density at radius 2 is 1.83 bits per heavy atom. The van der Waals surface area contributed by atoms with Crippen molar-refractivity contribution in [2.24, 2.45) is 0 Å². The van der Waals surface area contributed by atoms with Gasteiger partial charge in [0, 0.05) is 11.1 Å². The van der Waals surface area contributed by atoms with Gasteiger partial charge in [-0.05, 0) is 50.9 Å². The molecule has 1 fully saturated rings. The summed E-state index contributed by atoms with van der Waals surface area (Å²) in [7, 11) is -5.51. The third kappa shape index (κ3) is 3.00. The van der Waals surface area contributed by atoms with E-state index in [1.165, 1.54) is 6.07 Å². The third-order valence-electron chi connectivity index (χ3n) is 4.45. The monoisotopic (exact) mass is 365 g/mol. The van der Waals surface area contributed by atoms with Gasteiger partial charge in [0.05, 0.1) is 11.0 Å². The maximum Gasteiger partial charge on any atom is 0.501 e. The van der Waals surface area contributed by atoms with Gasteiger partial charge in [-0.2, -0.15) is 13.2 Å². The van der Waals surface area contributed by atoms with Crippen LogP contribution in [0.5, 0.6) is 5.75 Å². The number of hydrogen-bond donors (Lipinski definition) is 2. The summed E-state index contributed by atoms with van der Waals surface area (Å²) in [5, 5.41) is 13.2. The van der Waals surface area contributed by atoms with Crippen molar-refractivity contribution in [3.63, 3.8) is 0 Å². The predicted octanol–water partition coefficient (Wildman–Crippen LogP) is 2.09. The van der Waals surface area contributed by atoms with Crippen LogP contribution in [-0.2, 0) is 16.3 Å². The molecular formula is C15H18F3NO4S. The molecule has 1 heterocycles. The molecule has 0 spiro atoms. The molecule has 0 radical (unpaired) electrons. The minimum atomic E-state index is -5.51. The summed E-state index contributed by atoms with van der Waals surface area (Å²) in [5.74, 6) is 0.370. The Kier molecular flexibility index (Phi) is 4.52. The van der Waals surface area contributed by atoms with Crippen molar-refractivity contribution in [2.75, 3.05) is 13.1 Å². The zero-order valence-electron chi connectivity index (χ0n) is 12.8. The third-order valence-corrected chi connectivity index (χ3v) is 5.99. The molecule has 2 N–H and O–H groups in total. The van der Waals surface area contributed by atoms with Crippen LogP contribution in [0.3, 0.4) is 0 Å². The van der Waals surface area contributed by atoms with Crippen molar-refractivity contribution in [1.82, 2.24) is 5.32 Å². The molecule has 0 saturated carbocycles. The summed E-state index contributed by atoms with van der Waals surface area (Å²) < 4.78 is 68.1. The zero-order chi connectivity index (χ0) is 17.5. The fraction of sp³-hybridized carbons (Fsp3) is 0.600. The van der Waals surface area contributed by atoms with Crippen LogP contribution in [0.25, 0.3) is 0 Å². The topological polar surface area (TPSA) is 75.6 Å². The van der Waals surface area contributed by atoms with Gasteiger partial charge in [-0.15, -0.1) is 0 Å². The molecule has 5 nitrogen and oxygen atoms in total. The van der Waals surface area contributed by atoms with E-state index in [2.05, 4.69) is 5.32 Å². The number of ether oxygens (including phenoxy) is 1. The lowest BCUT2D eigenvalue weighted by Crippen LogP contribution is -2.34. The molecule has 1 aromatic carbocycles. The number of nitrogens with one attached hydrogen (secondary N) is 1. The van der Waals surface area contributed by atoms with Crippen LogP contribution in [0, 0.1) is 0 Å². The van der Waals surface area contributed by atoms with Crippen molar-refractivity contribution in [3.05, 3.63) is 23.3 Å². The van der Waals surface area contributed by atoms with Crippen LogP contribution < -0.4 is 10.1 Å². The molecule has 1 aliphatic carbocycles. The number of hydrogen-bond acceptors (Lipinski definition) is 5. The standard InChI is InChI=1S/C15H18F3NO4S/c16-15(17,18)24(21,22)13-4-3-12(10-1-2-11(20)14(10)13)23-9-5-7-19-8-6-9/h3-4,9,11,19-20H,1-2,5-8H2. The predicted molar refractivity (Wildman–Crippen MR) is 79.5 cm³/mol. The van der Waals surface area contributed by atoms with Crippen molar-refractivity contribution >= 4 is 9.84 Å². The molecule has 9 heteroatoms. The van der Waals surface area contributed by atoms with Crippen molar-refractivity contribution in [2.45, 2.75) is 48.3 Å². The van der Waals surface area contributed by atoms with Crippen LogP contribution in [0.15, 0.2) is 17.0 Å². The minimum Gasteiger partial charge on any atom is -0.490 e. The maximum absolute atomic E-state index is 12.9. The first kappa shape index (κ1) is 17.5. The Bertz CT molecular complexity index is 727. The molecule has 1 saturated heterocycles. The van der Waals surface area contributed by atoms with E-state index in [1.807, 2.05) is 0 Å². The first-order valence-electron chi connectivity index (χ1n) is 7.74. The Morgan fingerprint density at radius 3 is 2.46 bits per heavy atom.